The molecule has 0 aliphatic carbocycles. The van der Waals surface area contributed by atoms with E-state index in [1.165, 1.54) is 0 Å². The van der Waals surface area contributed by atoms with Crippen LogP contribution < -0.4 is 0 Å². The van der Waals surface area contributed by atoms with Crippen LogP contribution in [0.5, 0.6) is 0 Å². The first-order valence-electron chi connectivity index (χ1n) is 3.34. The third-order valence-corrected chi connectivity index (χ3v) is 1.19. The summed E-state index contributed by atoms with van der Waals surface area (Å²) in [7, 11) is 1.27. The number of aliphatic hydroxyl groups excluding tert-OH is 1. The number of rotatable bonds is 2. The van der Waals surface area contributed by atoms with E-state index in [0.717, 1.165) is 7.11 Å². The SMILES string of the molecule is CO.COC(=O)C(F)(F)C(F)(F)C(F)(F)F. The Morgan fingerprint density at radius 2 is 1.31 bits per heavy atom. The third-order valence-electron chi connectivity index (χ3n) is 1.19. The maximum atomic E-state index is 12.1. The molecule has 0 radical (unpaired) electrons. The van der Waals surface area contributed by atoms with Gasteiger partial charge in [0, 0.05) is 7.11 Å². The lowest BCUT2D eigenvalue weighted by Crippen LogP contribution is -2.56. The van der Waals surface area contributed by atoms with E-state index in [2.05, 4.69) is 4.74 Å². The number of aliphatic hydroxyl groups is 1. The summed E-state index contributed by atoms with van der Waals surface area (Å²) in [5.41, 5.74) is 0. The first-order chi connectivity index (χ1) is 6.98. The average molecular weight is 260 g/mol. The summed E-state index contributed by atoms with van der Waals surface area (Å²) in [4.78, 5) is 9.97. The van der Waals surface area contributed by atoms with Gasteiger partial charge in [-0.25, -0.2) is 4.79 Å². The number of halogens is 7. The maximum absolute atomic E-state index is 12.1. The van der Waals surface area contributed by atoms with Crippen LogP contribution in [0.4, 0.5) is 30.7 Å². The highest BCUT2D eigenvalue weighted by Gasteiger charge is 2.77. The number of carbonyl (C=O) groups excluding carboxylic acids is 1. The third kappa shape index (κ3) is 2.97. The molecule has 0 spiro atoms. The molecule has 0 amide bonds. The molecule has 3 nitrogen and oxygen atoms in total. The van der Waals surface area contributed by atoms with Gasteiger partial charge < -0.3 is 9.84 Å². The molecule has 0 heterocycles. The Morgan fingerprint density at radius 3 is 1.50 bits per heavy atom. The smallest absolute Gasteiger partial charge is 0.460 e. The lowest BCUT2D eigenvalue weighted by Gasteiger charge is -2.25. The van der Waals surface area contributed by atoms with Crippen LogP contribution in [0.1, 0.15) is 0 Å². The second-order valence-electron chi connectivity index (χ2n) is 2.14. The van der Waals surface area contributed by atoms with Crippen LogP contribution in [-0.2, 0) is 9.53 Å². The molecule has 1 N–H and O–H groups in total. The molecule has 10 heteroatoms. The van der Waals surface area contributed by atoms with Crippen molar-refractivity contribution >= 4 is 5.97 Å². The molecule has 0 aliphatic heterocycles. The number of esters is 1. The van der Waals surface area contributed by atoms with Gasteiger partial charge in [-0.3, -0.25) is 0 Å². The first kappa shape index (κ1) is 17.3. The number of hydrogen-bond acceptors (Lipinski definition) is 3. The standard InChI is InChI=1S/C5H3F7O2.CH4O/c1-14-2(13)3(6,7)4(8,9)5(10,11)12;1-2/h1H3;2H,1H3. The highest BCUT2D eigenvalue weighted by Crippen LogP contribution is 2.46. The summed E-state index contributed by atoms with van der Waals surface area (Å²) in [5.74, 6) is -15.3. The topological polar surface area (TPSA) is 46.5 Å². The van der Waals surface area contributed by atoms with Crippen molar-refractivity contribution in [2.24, 2.45) is 0 Å². The van der Waals surface area contributed by atoms with E-state index in [4.69, 9.17) is 5.11 Å². The van der Waals surface area contributed by atoms with E-state index in [0.29, 0.717) is 0 Å². The molecule has 0 saturated heterocycles. The van der Waals surface area contributed by atoms with Crippen molar-refractivity contribution in [2.75, 3.05) is 14.2 Å². The van der Waals surface area contributed by atoms with E-state index in [9.17, 15) is 35.5 Å². The van der Waals surface area contributed by atoms with Crippen LogP contribution in [0, 0.1) is 0 Å². The molecule has 0 bridgehead atoms. The minimum absolute atomic E-state index is 0.267. The van der Waals surface area contributed by atoms with Gasteiger partial charge >= 0.3 is 24.0 Å². The van der Waals surface area contributed by atoms with Gasteiger partial charge in [-0.2, -0.15) is 30.7 Å². The predicted molar refractivity (Wildman–Crippen MR) is 36.1 cm³/mol. The molecule has 0 unspecified atom stereocenters. The predicted octanol–water partition coefficient (Wildman–Crippen LogP) is 1.60. The molecular weight excluding hydrogens is 253 g/mol. The number of ether oxygens (including phenoxy) is 1. The fourth-order valence-electron chi connectivity index (χ4n) is 0.434. The van der Waals surface area contributed by atoms with E-state index in [1.807, 2.05) is 0 Å². The fourth-order valence-corrected chi connectivity index (χ4v) is 0.434. The summed E-state index contributed by atoms with van der Waals surface area (Å²) in [6.45, 7) is 0. The lowest BCUT2D eigenvalue weighted by molar-refractivity contribution is -0.348. The fraction of sp³-hybridized carbons (Fsp3) is 0.833. The van der Waals surface area contributed by atoms with Gasteiger partial charge in [-0.15, -0.1) is 0 Å². The van der Waals surface area contributed by atoms with Crippen molar-refractivity contribution < 1.29 is 45.4 Å². The van der Waals surface area contributed by atoms with Crippen LogP contribution in [0.2, 0.25) is 0 Å². The minimum Gasteiger partial charge on any atom is -0.464 e. The maximum Gasteiger partial charge on any atom is 0.460 e. The van der Waals surface area contributed by atoms with E-state index in [-0.39, 0.29) is 7.11 Å². The van der Waals surface area contributed by atoms with Gasteiger partial charge in [0.05, 0.1) is 7.11 Å². The molecule has 0 aromatic heterocycles. The van der Waals surface area contributed by atoms with Gasteiger partial charge in [-0.05, 0) is 0 Å². The Bertz CT molecular complexity index is 235. The molecule has 0 atom stereocenters. The van der Waals surface area contributed by atoms with Crippen LogP contribution in [0.15, 0.2) is 0 Å². The average Bonchev–Trinajstić information content (AvgIpc) is 2.17. The largest absolute Gasteiger partial charge is 0.464 e. The van der Waals surface area contributed by atoms with Gasteiger partial charge in [0.1, 0.15) is 0 Å². The van der Waals surface area contributed by atoms with Crippen molar-refractivity contribution in [3.05, 3.63) is 0 Å². The van der Waals surface area contributed by atoms with Crippen molar-refractivity contribution in [1.82, 2.24) is 0 Å². The molecule has 0 rings (SSSR count). The Balaban J connectivity index is 0. The summed E-state index contributed by atoms with van der Waals surface area (Å²) < 4.78 is 85.5. The molecule has 0 fully saturated rings. The van der Waals surface area contributed by atoms with Crippen molar-refractivity contribution in [2.45, 2.75) is 18.0 Å². The number of alkyl halides is 7. The van der Waals surface area contributed by atoms with Crippen molar-refractivity contribution in [3.63, 3.8) is 0 Å². The summed E-state index contributed by atoms with van der Waals surface area (Å²) in [5, 5.41) is 7.00. The Morgan fingerprint density at radius 1 is 1.00 bits per heavy atom. The molecular formula is C6H7F7O3. The van der Waals surface area contributed by atoms with Crippen LogP contribution in [0.25, 0.3) is 0 Å². The second-order valence-corrected chi connectivity index (χ2v) is 2.14. The first-order valence-corrected chi connectivity index (χ1v) is 3.34. The van der Waals surface area contributed by atoms with Crippen LogP contribution in [0.3, 0.4) is 0 Å². The van der Waals surface area contributed by atoms with Crippen LogP contribution >= 0.6 is 0 Å². The van der Waals surface area contributed by atoms with Gasteiger partial charge in [-0.1, -0.05) is 0 Å². The number of carbonyl (C=O) groups is 1. The van der Waals surface area contributed by atoms with E-state index in [1.54, 1.807) is 0 Å². The molecule has 0 aromatic carbocycles. The van der Waals surface area contributed by atoms with Gasteiger partial charge in [0.25, 0.3) is 0 Å². The highest BCUT2D eigenvalue weighted by molar-refractivity contribution is 5.79. The number of methoxy groups -OCH3 is 1. The molecule has 0 aliphatic rings. The minimum atomic E-state index is -6.52. The zero-order valence-electron chi connectivity index (χ0n) is 7.91. The Kier molecular flexibility index (Phi) is 5.77. The normalized spacial score (nSPS) is 12.6. The Hall–Kier alpha value is -1.06. The lowest BCUT2D eigenvalue weighted by atomic mass is 10.1. The molecule has 16 heavy (non-hydrogen) atoms. The van der Waals surface area contributed by atoms with E-state index >= 15 is 0 Å². The van der Waals surface area contributed by atoms with Gasteiger partial charge in [0.2, 0.25) is 0 Å². The summed E-state index contributed by atoms with van der Waals surface area (Å²) in [6, 6.07) is 0. The van der Waals surface area contributed by atoms with Crippen LogP contribution in [-0.4, -0.2) is 43.3 Å². The Labute approximate surface area is 84.8 Å². The molecule has 98 valence electrons. The van der Waals surface area contributed by atoms with Crippen molar-refractivity contribution in [3.8, 4) is 0 Å². The van der Waals surface area contributed by atoms with Gasteiger partial charge in [0.15, 0.2) is 0 Å². The zero-order chi connectivity index (χ0) is 13.8. The van der Waals surface area contributed by atoms with E-state index < -0.39 is 24.0 Å². The zero-order valence-corrected chi connectivity index (χ0v) is 7.91. The van der Waals surface area contributed by atoms with Crippen molar-refractivity contribution in [1.29, 1.82) is 0 Å². The summed E-state index contributed by atoms with van der Waals surface area (Å²) in [6.07, 6.45) is -6.52. The number of hydrogen-bond donors (Lipinski definition) is 1. The highest BCUT2D eigenvalue weighted by atomic mass is 19.4. The summed E-state index contributed by atoms with van der Waals surface area (Å²) >= 11 is 0. The molecule has 0 saturated carbocycles. The molecule has 0 aromatic rings. The second kappa shape index (κ2) is 5.32. The monoisotopic (exact) mass is 260 g/mol. The quantitative estimate of drug-likeness (QED) is 0.606.